The molecule has 0 aliphatic carbocycles. The molecule has 5 heteroatoms. The lowest BCUT2D eigenvalue weighted by molar-refractivity contribution is 1.20. The SMILES string of the molecule is C/C(=N/N=C(N)N)c1ccc(Br)cc1. The molecule has 0 heterocycles. The third-order valence-electron chi connectivity index (χ3n) is 1.58. The van der Waals surface area contributed by atoms with Gasteiger partial charge in [0.2, 0.25) is 5.96 Å². The number of guanidine groups is 1. The molecule has 74 valence electrons. The monoisotopic (exact) mass is 254 g/mol. The molecule has 0 unspecified atom stereocenters. The van der Waals surface area contributed by atoms with Crippen LogP contribution in [0, 0.1) is 0 Å². The van der Waals surface area contributed by atoms with E-state index in [1.54, 1.807) is 0 Å². The van der Waals surface area contributed by atoms with Crippen molar-refractivity contribution in [3.63, 3.8) is 0 Å². The van der Waals surface area contributed by atoms with Crippen LogP contribution in [0.4, 0.5) is 0 Å². The Kier molecular flexibility index (Phi) is 3.64. The summed E-state index contributed by atoms with van der Waals surface area (Å²) in [5.74, 6) is -0.0403. The van der Waals surface area contributed by atoms with E-state index >= 15 is 0 Å². The summed E-state index contributed by atoms with van der Waals surface area (Å²) in [6.45, 7) is 1.84. The molecule has 0 spiro atoms. The number of nitrogens with zero attached hydrogens (tertiary/aromatic N) is 2. The molecular formula is C9H11BrN4. The van der Waals surface area contributed by atoms with Gasteiger partial charge < -0.3 is 11.5 Å². The van der Waals surface area contributed by atoms with E-state index in [2.05, 4.69) is 26.1 Å². The number of nitrogens with two attached hydrogens (primary N) is 2. The number of halogens is 1. The molecule has 0 saturated carbocycles. The molecule has 14 heavy (non-hydrogen) atoms. The normalized spacial score (nSPS) is 11.1. The molecule has 0 radical (unpaired) electrons. The zero-order valence-corrected chi connectivity index (χ0v) is 9.32. The second-order valence-electron chi connectivity index (χ2n) is 2.72. The van der Waals surface area contributed by atoms with Crippen molar-refractivity contribution < 1.29 is 0 Å². The Balaban J connectivity index is 2.89. The fourth-order valence-corrected chi connectivity index (χ4v) is 1.15. The number of hydrogen-bond donors (Lipinski definition) is 2. The van der Waals surface area contributed by atoms with Gasteiger partial charge in [0, 0.05) is 4.47 Å². The van der Waals surface area contributed by atoms with Gasteiger partial charge in [0.1, 0.15) is 0 Å². The van der Waals surface area contributed by atoms with Gasteiger partial charge in [-0.3, -0.25) is 0 Å². The minimum atomic E-state index is -0.0403. The highest BCUT2D eigenvalue weighted by atomic mass is 79.9. The Morgan fingerprint density at radius 3 is 2.21 bits per heavy atom. The first-order valence-corrected chi connectivity index (χ1v) is 4.78. The van der Waals surface area contributed by atoms with Crippen molar-refractivity contribution in [1.29, 1.82) is 0 Å². The van der Waals surface area contributed by atoms with E-state index in [0.717, 1.165) is 15.7 Å². The largest absolute Gasteiger partial charge is 0.369 e. The Bertz CT molecular complexity index is 363. The smallest absolute Gasteiger partial charge is 0.211 e. The maximum Gasteiger partial charge on any atom is 0.211 e. The molecule has 0 bridgehead atoms. The quantitative estimate of drug-likeness (QED) is 0.476. The summed E-state index contributed by atoms with van der Waals surface area (Å²) < 4.78 is 1.02. The van der Waals surface area contributed by atoms with Gasteiger partial charge in [-0.15, -0.1) is 5.10 Å². The molecule has 0 fully saturated rings. The van der Waals surface area contributed by atoms with Crippen molar-refractivity contribution in [2.75, 3.05) is 0 Å². The predicted octanol–water partition coefficient (Wildman–Crippen LogP) is 1.45. The molecule has 1 aromatic carbocycles. The zero-order chi connectivity index (χ0) is 10.6. The Labute approximate surface area is 90.8 Å². The minimum Gasteiger partial charge on any atom is -0.369 e. The molecule has 0 aliphatic rings. The fourth-order valence-electron chi connectivity index (χ4n) is 0.882. The lowest BCUT2D eigenvalue weighted by Gasteiger charge is -1.98. The number of rotatable bonds is 2. The summed E-state index contributed by atoms with van der Waals surface area (Å²) in [5, 5.41) is 7.43. The van der Waals surface area contributed by atoms with Crippen LogP contribution >= 0.6 is 15.9 Å². The average Bonchev–Trinajstić information content (AvgIpc) is 2.15. The van der Waals surface area contributed by atoms with Gasteiger partial charge in [-0.05, 0) is 24.6 Å². The van der Waals surface area contributed by atoms with Gasteiger partial charge in [-0.1, -0.05) is 28.1 Å². The van der Waals surface area contributed by atoms with Crippen LogP contribution in [0.3, 0.4) is 0 Å². The van der Waals surface area contributed by atoms with E-state index in [0.29, 0.717) is 0 Å². The molecule has 4 N–H and O–H groups in total. The Hall–Kier alpha value is -1.36. The van der Waals surface area contributed by atoms with Gasteiger partial charge in [-0.25, -0.2) is 0 Å². The van der Waals surface area contributed by atoms with Crippen LogP contribution in [-0.2, 0) is 0 Å². The fraction of sp³-hybridized carbons (Fsp3) is 0.111. The lowest BCUT2D eigenvalue weighted by Crippen LogP contribution is -2.22. The van der Waals surface area contributed by atoms with Crippen molar-refractivity contribution in [2.24, 2.45) is 21.7 Å². The van der Waals surface area contributed by atoms with Crippen LogP contribution in [0.15, 0.2) is 38.9 Å². The number of benzene rings is 1. The Morgan fingerprint density at radius 2 is 1.71 bits per heavy atom. The summed E-state index contributed by atoms with van der Waals surface area (Å²) in [4.78, 5) is 0. The van der Waals surface area contributed by atoms with Crippen molar-refractivity contribution in [1.82, 2.24) is 0 Å². The van der Waals surface area contributed by atoms with E-state index in [9.17, 15) is 0 Å². The topological polar surface area (TPSA) is 76.8 Å². The van der Waals surface area contributed by atoms with E-state index in [1.165, 1.54) is 0 Å². The van der Waals surface area contributed by atoms with E-state index < -0.39 is 0 Å². The first-order valence-electron chi connectivity index (χ1n) is 3.98. The van der Waals surface area contributed by atoms with Crippen molar-refractivity contribution in [2.45, 2.75) is 6.92 Å². The van der Waals surface area contributed by atoms with Crippen molar-refractivity contribution in [3.05, 3.63) is 34.3 Å². The predicted molar refractivity (Wildman–Crippen MR) is 62.2 cm³/mol. The molecule has 4 nitrogen and oxygen atoms in total. The van der Waals surface area contributed by atoms with Gasteiger partial charge in [0.25, 0.3) is 0 Å². The molecule has 1 aromatic rings. The van der Waals surface area contributed by atoms with Crippen LogP contribution in [0.1, 0.15) is 12.5 Å². The van der Waals surface area contributed by atoms with Crippen molar-refractivity contribution >= 4 is 27.6 Å². The summed E-state index contributed by atoms with van der Waals surface area (Å²) in [6, 6.07) is 7.74. The highest BCUT2D eigenvalue weighted by Gasteiger charge is 1.96. The standard InChI is InChI=1S/C9H11BrN4/c1-6(13-14-9(11)12)7-2-4-8(10)5-3-7/h2-5H,1H3,(H4,11,12,14)/b13-6-. The maximum absolute atomic E-state index is 5.16. The van der Waals surface area contributed by atoms with Crippen molar-refractivity contribution in [3.8, 4) is 0 Å². The molecular weight excluding hydrogens is 244 g/mol. The van der Waals surface area contributed by atoms with Gasteiger partial charge >= 0.3 is 0 Å². The second kappa shape index (κ2) is 4.76. The third kappa shape index (κ3) is 3.18. The summed E-state index contributed by atoms with van der Waals surface area (Å²) in [5.41, 5.74) is 12.1. The van der Waals surface area contributed by atoms with Crippen LogP contribution in [-0.4, -0.2) is 11.7 Å². The highest BCUT2D eigenvalue weighted by molar-refractivity contribution is 9.10. The molecule has 0 aliphatic heterocycles. The molecule has 0 saturated heterocycles. The Morgan fingerprint density at radius 1 is 1.14 bits per heavy atom. The third-order valence-corrected chi connectivity index (χ3v) is 2.11. The first-order chi connectivity index (χ1) is 6.59. The summed E-state index contributed by atoms with van der Waals surface area (Å²) in [7, 11) is 0. The maximum atomic E-state index is 5.16. The average molecular weight is 255 g/mol. The second-order valence-corrected chi connectivity index (χ2v) is 3.63. The summed E-state index contributed by atoms with van der Waals surface area (Å²) >= 11 is 3.35. The molecule has 1 rings (SSSR count). The lowest BCUT2D eigenvalue weighted by atomic mass is 10.1. The highest BCUT2D eigenvalue weighted by Crippen LogP contribution is 2.11. The van der Waals surface area contributed by atoms with Crippen LogP contribution in [0.5, 0.6) is 0 Å². The molecule has 0 aromatic heterocycles. The van der Waals surface area contributed by atoms with Crippen LogP contribution < -0.4 is 11.5 Å². The number of hydrogen-bond acceptors (Lipinski definition) is 2. The van der Waals surface area contributed by atoms with Gasteiger partial charge in [0.15, 0.2) is 0 Å². The van der Waals surface area contributed by atoms with E-state index in [4.69, 9.17) is 11.5 Å². The molecule has 0 amide bonds. The minimum absolute atomic E-state index is 0.0403. The molecule has 0 atom stereocenters. The summed E-state index contributed by atoms with van der Waals surface area (Å²) in [6.07, 6.45) is 0. The van der Waals surface area contributed by atoms with E-state index in [-0.39, 0.29) is 5.96 Å². The van der Waals surface area contributed by atoms with E-state index in [1.807, 2.05) is 31.2 Å². The van der Waals surface area contributed by atoms with Gasteiger partial charge in [-0.2, -0.15) is 5.10 Å². The van der Waals surface area contributed by atoms with Crippen LogP contribution in [0.25, 0.3) is 0 Å². The zero-order valence-electron chi connectivity index (χ0n) is 7.74. The van der Waals surface area contributed by atoms with Gasteiger partial charge in [0.05, 0.1) is 5.71 Å². The van der Waals surface area contributed by atoms with Crippen LogP contribution in [0.2, 0.25) is 0 Å². The first kappa shape index (κ1) is 10.7.